The van der Waals surface area contributed by atoms with Crippen LogP contribution in [-0.4, -0.2) is 12.6 Å². The molecule has 0 saturated heterocycles. The van der Waals surface area contributed by atoms with Crippen LogP contribution < -0.4 is 5.32 Å². The van der Waals surface area contributed by atoms with Gasteiger partial charge >= 0.3 is 0 Å². The molecule has 1 atom stereocenters. The van der Waals surface area contributed by atoms with E-state index in [0.717, 1.165) is 19.4 Å². The lowest BCUT2D eigenvalue weighted by Crippen LogP contribution is -2.22. The molecule has 15 heavy (non-hydrogen) atoms. The number of benzene rings is 1. The first-order chi connectivity index (χ1) is 7.34. The van der Waals surface area contributed by atoms with E-state index in [9.17, 15) is 0 Å². The quantitative estimate of drug-likeness (QED) is 0.815. The molecule has 1 unspecified atom stereocenters. The van der Waals surface area contributed by atoms with Crippen LogP contribution in [0, 0.1) is 6.92 Å². The molecule has 1 heterocycles. The van der Waals surface area contributed by atoms with Gasteiger partial charge in [0.25, 0.3) is 0 Å². The third-order valence-corrected chi connectivity index (χ3v) is 2.57. The number of ether oxygens (including phenoxy) is 1. The molecule has 0 bridgehead atoms. The number of hydrogen-bond donors (Lipinski definition) is 1. The summed E-state index contributed by atoms with van der Waals surface area (Å²) in [5.74, 6) is 0. The molecule has 1 aliphatic heterocycles. The number of nitrogens with one attached hydrogen (secondary N) is 1. The maximum Gasteiger partial charge on any atom is 0.115 e. The molecule has 1 aliphatic rings. The Morgan fingerprint density at radius 2 is 2.40 bits per heavy atom. The predicted octanol–water partition coefficient (Wildman–Crippen LogP) is 3.10. The SMILES string of the molecule is Cc1cccc(NCC2CCC=CO2)c1. The fourth-order valence-corrected chi connectivity index (χ4v) is 1.72. The summed E-state index contributed by atoms with van der Waals surface area (Å²) >= 11 is 0. The van der Waals surface area contributed by atoms with Gasteiger partial charge in [0.05, 0.1) is 12.8 Å². The summed E-state index contributed by atoms with van der Waals surface area (Å²) in [6.45, 7) is 2.98. The molecule has 2 rings (SSSR count). The summed E-state index contributed by atoms with van der Waals surface area (Å²) in [4.78, 5) is 0. The summed E-state index contributed by atoms with van der Waals surface area (Å²) in [5, 5.41) is 3.40. The normalized spacial score (nSPS) is 19.7. The van der Waals surface area contributed by atoms with E-state index in [4.69, 9.17) is 4.74 Å². The van der Waals surface area contributed by atoms with Gasteiger partial charge in [0.2, 0.25) is 0 Å². The molecule has 1 aromatic carbocycles. The summed E-state index contributed by atoms with van der Waals surface area (Å²) in [6.07, 6.45) is 6.43. The van der Waals surface area contributed by atoms with Crippen molar-refractivity contribution in [3.63, 3.8) is 0 Å². The minimum atomic E-state index is 0.315. The van der Waals surface area contributed by atoms with Gasteiger partial charge in [0, 0.05) is 5.69 Å². The van der Waals surface area contributed by atoms with Gasteiger partial charge in [-0.15, -0.1) is 0 Å². The predicted molar refractivity (Wildman–Crippen MR) is 62.9 cm³/mol. The molecule has 0 aliphatic carbocycles. The Balaban J connectivity index is 1.84. The molecule has 1 N–H and O–H groups in total. The summed E-state index contributed by atoms with van der Waals surface area (Å²) < 4.78 is 5.49. The highest BCUT2D eigenvalue weighted by Gasteiger charge is 2.09. The van der Waals surface area contributed by atoms with Gasteiger partial charge in [-0.1, -0.05) is 12.1 Å². The highest BCUT2D eigenvalue weighted by molar-refractivity contribution is 5.45. The van der Waals surface area contributed by atoms with Crippen molar-refractivity contribution in [1.29, 1.82) is 0 Å². The number of allylic oxidation sites excluding steroid dienone is 1. The lowest BCUT2D eigenvalue weighted by molar-refractivity contribution is 0.135. The second-order valence-corrected chi connectivity index (χ2v) is 3.96. The van der Waals surface area contributed by atoms with Crippen molar-refractivity contribution in [2.45, 2.75) is 25.9 Å². The van der Waals surface area contributed by atoms with Crippen LogP contribution in [0.2, 0.25) is 0 Å². The molecule has 2 nitrogen and oxygen atoms in total. The Labute approximate surface area is 91.0 Å². The Hall–Kier alpha value is -1.44. The fourth-order valence-electron chi connectivity index (χ4n) is 1.72. The standard InChI is InChI=1S/C13H17NO/c1-11-5-4-6-12(9-11)14-10-13-7-2-3-8-15-13/h3-6,8-9,13-14H,2,7,10H2,1H3. The molecule has 0 radical (unpaired) electrons. The lowest BCUT2D eigenvalue weighted by atomic mass is 10.1. The average molecular weight is 203 g/mol. The van der Waals surface area contributed by atoms with E-state index in [-0.39, 0.29) is 0 Å². The van der Waals surface area contributed by atoms with Crippen LogP contribution in [0.4, 0.5) is 5.69 Å². The zero-order chi connectivity index (χ0) is 10.5. The van der Waals surface area contributed by atoms with Crippen molar-refractivity contribution in [2.75, 3.05) is 11.9 Å². The average Bonchev–Trinajstić information content (AvgIpc) is 2.28. The molecular weight excluding hydrogens is 186 g/mol. The van der Waals surface area contributed by atoms with Crippen molar-refractivity contribution in [3.8, 4) is 0 Å². The minimum absolute atomic E-state index is 0.315. The molecule has 0 spiro atoms. The Morgan fingerprint density at radius 1 is 1.47 bits per heavy atom. The second kappa shape index (κ2) is 4.87. The zero-order valence-corrected chi connectivity index (χ0v) is 9.07. The number of anilines is 1. The van der Waals surface area contributed by atoms with Gasteiger partial charge in [0.1, 0.15) is 6.10 Å². The van der Waals surface area contributed by atoms with E-state index >= 15 is 0 Å². The van der Waals surface area contributed by atoms with Crippen LogP contribution in [-0.2, 0) is 4.74 Å². The first kappa shape index (κ1) is 10.1. The second-order valence-electron chi connectivity index (χ2n) is 3.96. The first-order valence-electron chi connectivity index (χ1n) is 5.45. The van der Waals surface area contributed by atoms with Crippen molar-refractivity contribution in [3.05, 3.63) is 42.2 Å². The molecular formula is C13H17NO. The lowest BCUT2D eigenvalue weighted by Gasteiger charge is -2.20. The van der Waals surface area contributed by atoms with E-state index in [2.05, 4.69) is 42.6 Å². The Kier molecular flexibility index (Phi) is 3.28. The molecule has 0 fully saturated rings. The maximum atomic E-state index is 5.49. The van der Waals surface area contributed by atoms with Crippen molar-refractivity contribution in [2.24, 2.45) is 0 Å². The van der Waals surface area contributed by atoms with Crippen LogP contribution in [0.5, 0.6) is 0 Å². The van der Waals surface area contributed by atoms with Gasteiger partial charge in [-0.05, 0) is 43.5 Å². The molecule has 1 aromatic rings. The van der Waals surface area contributed by atoms with Crippen LogP contribution >= 0.6 is 0 Å². The van der Waals surface area contributed by atoms with Crippen molar-refractivity contribution >= 4 is 5.69 Å². The zero-order valence-electron chi connectivity index (χ0n) is 9.07. The van der Waals surface area contributed by atoms with Crippen LogP contribution in [0.1, 0.15) is 18.4 Å². The van der Waals surface area contributed by atoms with E-state index in [0.29, 0.717) is 6.10 Å². The third kappa shape index (κ3) is 3.01. The molecule has 0 amide bonds. The highest BCUT2D eigenvalue weighted by Crippen LogP contribution is 2.13. The van der Waals surface area contributed by atoms with Crippen molar-refractivity contribution in [1.82, 2.24) is 0 Å². The summed E-state index contributed by atoms with van der Waals surface area (Å²) in [6, 6.07) is 8.41. The van der Waals surface area contributed by atoms with Gasteiger partial charge < -0.3 is 10.1 Å². The molecule has 0 aromatic heterocycles. The third-order valence-electron chi connectivity index (χ3n) is 2.57. The highest BCUT2D eigenvalue weighted by atomic mass is 16.5. The van der Waals surface area contributed by atoms with Gasteiger partial charge in [-0.25, -0.2) is 0 Å². The van der Waals surface area contributed by atoms with Crippen LogP contribution in [0.15, 0.2) is 36.6 Å². The van der Waals surface area contributed by atoms with Crippen LogP contribution in [0.25, 0.3) is 0 Å². The van der Waals surface area contributed by atoms with Gasteiger partial charge in [-0.3, -0.25) is 0 Å². The minimum Gasteiger partial charge on any atom is -0.497 e. The maximum absolute atomic E-state index is 5.49. The van der Waals surface area contributed by atoms with E-state index in [1.807, 2.05) is 6.26 Å². The summed E-state index contributed by atoms with van der Waals surface area (Å²) in [5.41, 5.74) is 2.46. The van der Waals surface area contributed by atoms with Gasteiger partial charge in [0.15, 0.2) is 0 Å². The number of aryl methyl sites for hydroxylation is 1. The monoisotopic (exact) mass is 203 g/mol. The topological polar surface area (TPSA) is 21.3 Å². The molecule has 80 valence electrons. The number of hydrogen-bond acceptors (Lipinski definition) is 2. The van der Waals surface area contributed by atoms with Crippen molar-refractivity contribution < 1.29 is 4.74 Å². The largest absolute Gasteiger partial charge is 0.497 e. The van der Waals surface area contributed by atoms with E-state index in [1.54, 1.807) is 0 Å². The first-order valence-corrected chi connectivity index (χ1v) is 5.45. The molecule has 2 heteroatoms. The fraction of sp³-hybridized carbons (Fsp3) is 0.385. The Morgan fingerprint density at radius 3 is 3.13 bits per heavy atom. The van der Waals surface area contributed by atoms with E-state index < -0.39 is 0 Å². The van der Waals surface area contributed by atoms with Gasteiger partial charge in [-0.2, -0.15) is 0 Å². The smallest absolute Gasteiger partial charge is 0.115 e. The number of rotatable bonds is 3. The molecule has 0 saturated carbocycles. The summed E-state index contributed by atoms with van der Waals surface area (Å²) in [7, 11) is 0. The Bertz CT molecular complexity index is 346. The van der Waals surface area contributed by atoms with E-state index in [1.165, 1.54) is 11.3 Å². The van der Waals surface area contributed by atoms with Crippen LogP contribution in [0.3, 0.4) is 0 Å².